The highest BCUT2D eigenvalue weighted by molar-refractivity contribution is 6.32. The Kier molecular flexibility index (Phi) is 7.28. The third kappa shape index (κ3) is 5.65. The lowest BCUT2D eigenvalue weighted by Gasteiger charge is -2.14. The summed E-state index contributed by atoms with van der Waals surface area (Å²) < 4.78 is 23.5. The van der Waals surface area contributed by atoms with Crippen molar-refractivity contribution in [2.75, 3.05) is 13.2 Å². The number of nitro benzene ring substituents is 1. The van der Waals surface area contributed by atoms with Crippen LogP contribution in [0.15, 0.2) is 42.5 Å². The Morgan fingerprint density at radius 1 is 1.25 bits per heavy atom. The summed E-state index contributed by atoms with van der Waals surface area (Å²) >= 11 is 5.69. The molecule has 0 aliphatic heterocycles. The number of para-hydroxylation sites is 1. The fourth-order valence-electron chi connectivity index (χ4n) is 2.11. The highest BCUT2D eigenvalue weighted by Gasteiger charge is 2.21. The van der Waals surface area contributed by atoms with Crippen molar-refractivity contribution in [3.8, 4) is 5.75 Å². The van der Waals surface area contributed by atoms with Gasteiger partial charge in [-0.3, -0.25) is 14.9 Å². The summed E-state index contributed by atoms with van der Waals surface area (Å²) in [5, 5.41) is 13.1. The van der Waals surface area contributed by atoms with Crippen molar-refractivity contribution in [3.63, 3.8) is 0 Å². The molecule has 0 aliphatic rings. The van der Waals surface area contributed by atoms with Crippen molar-refractivity contribution in [1.29, 1.82) is 0 Å². The summed E-state index contributed by atoms with van der Waals surface area (Å²) in [6, 6.07) is 8.30. The van der Waals surface area contributed by atoms with E-state index in [0.29, 0.717) is 0 Å². The highest BCUT2D eigenvalue weighted by atomic mass is 35.5. The van der Waals surface area contributed by atoms with Crippen LogP contribution < -0.4 is 10.1 Å². The van der Waals surface area contributed by atoms with Gasteiger partial charge in [-0.1, -0.05) is 23.7 Å². The second kappa shape index (κ2) is 9.65. The summed E-state index contributed by atoms with van der Waals surface area (Å²) in [5.41, 5.74) is -0.450. The number of esters is 1. The van der Waals surface area contributed by atoms with Gasteiger partial charge in [-0.05, 0) is 31.2 Å². The van der Waals surface area contributed by atoms with E-state index >= 15 is 0 Å². The lowest BCUT2D eigenvalue weighted by molar-refractivity contribution is -0.384. The number of halogens is 2. The average Bonchev–Trinajstić information content (AvgIpc) is 2.66. The van der Waals surface area contributed by atoms with Gasteiger partial charge in [0.15, 0.2) is 11.6 Å². The molecule has 10 heteroatoms. The van der Waals surface area contributed by atoms with Crippen molar-refractivity contribution in [2.45, 2.75) is 13.0 Å². The van der Waals surface area contributed by atoms with Gasteiger partial charge in [-0.25, -0.2) is 9.18 Å². The molecule has 148 valence electrons. The molecule has 1 unspecified atom stereocenters. The third-order valence-electron chi connectivity index (χ3n) is 3.53. The Hall–Kier alpha value is -3.20. The van der Waals surface area contributed by atoms with Crippen LogP contribution in [0.1, 0.15) is 17.3 Å². The molecule has 28 heavy (non-hydrogen) atoms. The van der Waals surface area contributed by atoms with E-state index in [9.17, 15) is 24.1 Å². The summed E-state index contributed by atoms with van der Waals surface area (Å²) in [7, 11) is 0. The number of hydrogen-bond acceptors (Lipinski definition) is 6. The summed E-state index contributed by atoms with van der Waals surface area (Å²) in [6.07, 6.45) is 0. The molecule has 0 aromatic heterocycles. The Labute approximate surface area is 164 Å². The minimum Gasteiger partial charge on any atom is -0.487 e. The van der Waals surface area contributed by atoms with Crippen LogP contribution in [0.25, 0.3) is 0 Å². The Morgan fingerprint density at radius 3 is 2.64 bits per heavy atom. The number of carbonyl (C=O) groups excluding carboxylic acids is 2. The minimum atomic E-state index is -1.02. The number of nitro groups is 1. The smallest absolute Gasteiger partial charge is 0.328 e. The zero-order chi connectivity index (χ0) is 20.7. The van der Waals surface area contributed by atoms with Crippen LogP contribution in [0, 0.1) is 15.9 Å². The number of nitrogens with zero attached hydrogens (tertiary/aromatic N) is 1. The van der Waals surface area contributed by atoms with E-state index in [4.69, 9.17) is 21.1 Å². The number of amides is 1. The molecule has 0 heterocycles. The van der Waals surface area contributed by atoms with Crippen LogP contribution in [-0.4, -0.2) is 36.1 Å². The lowest BCUT2D eigenvalue weighted by atomic mass is 10.1. The molecule has 0 spiro atoms. The van der Waals surface area contributed by atoms with Gasteiger partial charge in [0.25, 0.3) is 11.6 Å². The molecular formula is C18H16ClFN2O6. The molecule has 0 saturated carbocycles. The summed E-state index contributed by atoms with van der Waals surface area (Å²) in [4.78, 5) is 34.2. The van der Waals surface area contributed by atoms with Crippen molar-refractivity contribution in [3.05, 3.63) is 69.0 Å². The maximum Gasteiger partial charge on any atom is 0.328 e. The van der Waals surface area contributed by atoms with Crippen LogP contribution >= 0.6 is 11.6 Å². The van der Waals surface area contributed by atoms with Gasteiger partial charge >= 0.3 is 5.97 Å². The SMILES string of the molecule is CC(NC(=O)c1ccc(Cl)c([N+](=O)[O-])c1)C(=O)OCCOc1ccccc1F. The average molecular weight is 411 g/mol. The first-order valence-corrected chi connectivity index (χ1v) is 8.46. The monoisotopic (exact) mass is 410 g/mol. The molecule has 2 rings (SSSR count). The van der Waals surface area contributed by atoms with Gasteiger partial charge in [-0.2, -0.15) is 0 Å². The number of carbonyl (C=O) groups is 2. The van der Waals surface area contributed by atoms with E-state index in [1.165, 1.54) is 37.3 Å². The zero-order valence-corrected chi connectivity index (χ0v) is 15.4. The van der Waals surface area contributed by atoms with Crippen molar-refractivity contribution < 1.29 is 28.4 Å². The van der Waals surface area contributed by atoms with E-state index in [0.717, 1.165) is 6.07 Å². The molecule has 1 N–H and O–H groups in total. The number of hydrogen-bond donors (Lipinski definition) is 1. The van der Waals surface area contributed by atoms with Crippen molar-refractivity contribution in [2.24, 2.45) is 0 Å². The molecular weight excluding hydrogens is 395 g/mol. The fraction of sp³-hybridized carbons (Fsp3) is 0.222. The van der Waals surface area contributed by atoms with Crippen LogP contribution in [0.5, 0.6) is 5.75 Å². The molecule has 1 atom stereocenters. The highest BCUT2D eigenvalue weighted by Crippen LogP contribution is 2.25. The Balaban J connectivity index is 1.83. The second-order valence-corrected chi connectivity index (χ2v) is 5.97. The predicted octanol–water partition coefficient (Wildman–Crippen LogP) is 3.13. The van der Waals surface area contributed by atoms with Gasteiger partial charge in [0.2, 0.25) is 0 Å². The molecule has 0 fully saturated rings. The molecule has 0 aliphatic carbocycles. The first-order valence-electron chi connectivity index (χ1n) is 8.08. The standard InChI is InChI=1S/C18H16ClFN2O6/c1-11(18(24)28-9-8-27-16-5-3-2-4-14(16)20)21-17(23)12-6-7-13(19)15(10-12)22(25)26/h2-7,10-11H,8-9H2,1H3,(H,21,23). The number of rotatable bonds is 8. The molecule has 8 nitrogen and oxygen atoms in total. The molecule has 1 amide bonds. The van der Waals surface area contributed by atoms with E-state index in [1.54, 1.807) is 6.07 Å². The van der Waals surface area contributed by atoms with Gasteiger partial charge in [-0.15, -0.1) is 0 Å². The third-order valence-corrected chi connectivity index (χ3v) is 3.85. The fourth-order valence-corrected chi connectivity index (χ4v) is 2.30. The maximum absolute atomic E-state index is 13.4. The van der Waals surface area contributed by atoms with Crippen LogP contribution in [-0.2, 0) is 9.53 Å². The number of nitrogens with one attached hydrogen (secondary N) is 1. The van der Waals surface area contributed by atoms with E-state index in [2.05, 4.69) is 5.32 Å². The van der Waals surface area contributed by atoms with Crippen LogP contribution in [0.2, 0.25) is 5.02 Å². The molecule has 2 aromatic carbocycles. The normalized spacial score (nSPS) is 11.4. The van der Waals surface area contributed by atoms with E-state index in [1.807, 2.05) is 0 Å². The summed E-state index contributed by atoms with van der Waals surface area (Å²) in [5.74, 6) is -1.95. The Morgan fingerprint density at radius 2 is 1.96 bits per heavy atom. The largest absolute Gasteiger partial charge is 0.487 e. The minimum absolute atomic E-state index is 0.0290. The number of benzene rings is 2. The first-order chi connectivity index (χ1) is 13.3. The molecule has 0 bridgehead atoms. The van der Waals surface area contributed by atoms with Crippen LogP contribution in [0.3, 0.4) is 0 Å². The predicted molar refractivity (Wildman–Crippen MR) is 97.9 cm³/mol. The molecule has 2 aromatic rings. The topological polar surface area (TPSA) is 108 Å². The maximum atomic E-state index is 13.4. The lowest BCUT2D eigenvalue weighted by Crippen LogP contribution is -2.40. The van der Waals surface area contributed by atoms with Crippen molar-refractivity contribution >= 4 is 29.2 Å². The van der Waals surface area contributed by atoms with Crippen molar-refractivity contribution in [1.82, 2.24) is 5.32 Å². The van der Waals surface area contributed by atoms with Crippen LogP contribution in [0.4, 0.5) is 10.1 Å². The van der Waals surface area contributed by atoms with Gasteiger partial charge in [0, 0.05) is 11.6 Å². The molecule has 0 saturated heterocycles. The van der Waals surface area contributed by atoms with E-state index < -0.39 is 34.3 Å². The molecule has 0 radical (unpaired) electrons. The first kappa shape index (κ1) is 21.1. The van der Waals surface area contributed by atoms with Gasteiger partial charge in [0.1, 0.15) is 24.3 Å². The van der Waals surface area contributed by atoms with E-state index in [-0.39, 0.29) is 29.5 Å². The Bertz CT molecular complexity index is 892. The second-order valence-electron chi connectivity index (χ2n) is 5.56. The number of ether oxygens (including phenoxy) is 2. The van der Waals surface area contributed by atoms with Gasteiger partial charge in [0.05, 0.1) is 4.92 Å². The van der Waals surface area contributed by atoms with Gasteiger partial charge < -0.3 is 14.8 Å². The quantitative estimate of drug-likeness (QED) is 0.310. The summed E-state index contributed by atoms with van der Waals surface area (Å²) in [6.45, 7) is 1.17. The zero-order valence-electron chi connectivity index (χ0n) is 14.7.